The van der Waals surface area contributed by atoms with E-state index in [1.807, 2.05) is 54.6 Å². The van der Waals surface area contributed by atoms with Gasteiger partial charge in [0, 0.05) is 13.1 Å². The van der Waals surface area contributed by atoms with Crippen LogP contribution >= 0.6 is 0 Å². The number of aromatic hydroxyl groups is 1. The average molecular weight is 519 g/mol. The number of nitrogens with zero attached hydrogens (tertiary/aromatic N) is 3. The third-order valence-corrected chi connectivity index (χ3v) is 5.88. The van der Waals surface area contributed by atoms with E-state index in [4.69, 9.17) is 11.5 Å². The summed E-state index contributed by atoms with van der Waals surface area (Å²) in [5.41, 5.74) is 14.7. The Morgan fingerprint density at radius 2 is 1.55 bits per heavy atom. The summed E-state index contributed by atoms with van der Waals surface area (Å²) < 4.78 is 0. The first-order valence-electron chi connectivity index (χ1n) is 12.0. The third-order valence-electron chi connectivity index (χ3n) is 5.88. The molecule has 3 aromatic carbocycles. The Hall–Kier alpha value is -4.93. The Morgan fingerprint density at radius 1 is 0.947 bits per heavy atom. The number of hydrogen-bond donors (Lipinski definition) is 4. The maximum absolute atomic E-state index is 13.5. The predicted molar refractivity (Wildman–Crippen MR) is 143 cm³/mol. The van der Waals surface area contributed by atoms with Gasteiger partial charge in [0.2, 0.25) is 11.8 Å². The molecule has 0 unspecified atom stereocenters. The van der Waals surface area contributed by atoms with Gasteiger partial charge >= 0.3 is 0 Å². The molecular formula is C27H30N6O5. The van der Waals surface area contributed by atoms with Crippen LogP contribution in [0.1, 0.15) is 24.0 Å². The minimum Gasteiger partial charge on any atom is -0.508 e. The summed E-state index contributed by atoms with van der Waals surface area (Å²) >= 11 is 0. The molecule has 3 rings (SSSR count). The second-order valence-electron chi connectivity index (χ2n) is 8.64. The number of hydrazone groups is 1. The van der Waals surface area contributed by atoms with Crippen LogP contribution in [0, 0.1) is 10.1 Å². The van der Waals surface area contributed by atoms with E-state index in [2.05, 4.69) is 10.4 Å². The zero-order valence-corrected chi connectivity index (χ0v) is 20.7. The lowest BCUT2D eigenvalue weighted by Crippen LogP contribution is -2.48. The molecule has 0 aliphatic rings. The largest absolute Gasteiger partial charge is 0.508 e. The number of nitrogens with two attached hydrogens (primary N) is 2. The molecule has 11 nitrogen and oxygen atoms in total. The molecule has 0 saturated carbocycles. The Kier molecular flexibility index (Phi) is 9.75. The van der Waals surface area contributed by atoms with Crippen LogP contribution in [0.25, 0.3) is 11.1 Å². The topological polar surface area (TPSA) is 177 Å². The van der Waals surface area contributed by atoms with E-state index in [1.165, 1.54) is 17.0 Å². The molecule has 0 heterocycles. The Bertz CT molecular complexity index is 1260. The SMILES string of the molecule is NC(=O)[C@@H](CCCNC(N)=N[N+](=O)[O-])N(Cc1ccc(O)cc1)C(=O)Cc1ccc(-c2ccccc2)cc1. The molecule has 0 aliphatic carbocycles. The van der Waals surface area contributed by atoms with Gasteiger partial charge in [-0.2, -0.15) is 0 Å². The molecule has 11 heteroatoms. The highest BCUT2D eigenvalue weighted by Gasteiger charge is 2.28. The number of carbonyl (C=O) groups excluding carboxylic acids is 2. The number of nitrogens with one attached hydrogen (secondary N) is 1. The van der Waals surface area contributed by atoms with Crippen molar-refractivity contribution in [2.24, 2.45) is 16.6 Å². The molecule has 0 saturated heterocycles. The standard InChI is InChI=1S/C27H30N6O5/c28-26(36)24(7-4-16-30-27(29)31-33(37)38)32(18-20-10-14-23(34)15-11-20)25(35)17-19-8-12-22(13-9-19)21-5-2-1-3-6-21/h1-3,5-6,8-15,24,34H,4,7,16-18H2,(H2,28,36)(H3,29,30,31)/t24-/m1/s1. The van der Waals surface area contributed by atoms with Gasteiger partial charge in [0.25, 0.3) is 5.96 Å². The summed E-state index contributed by atoms with van der Waals surface area (Å²) in [6, 6.07) is 22.9. The summed E-state index contributed by atoms with van der Waals surface area (Å²) in [6.07, 6.45) is 0.592. The number of primary amides is 1. The lowest BCUT2D eigenvalue weighted by atomic mass is 10.0. The molecule has 0 aliphatic heterocycles. The maximum Gasteiger partial charge on any atom is 0.266 e. The lowest BCUT2D eigenvalue weighted by Gasteiger charge is -2.30. The van der Waals surface area contributed by atoms with Gasteiger partial charge < -0.3 is 26.8 Å². The highest BCUT2D eigenvalue weighted by Crippen LogP contribution is 2.21. The second-order valence-corrected chi connectivity index (χ2v) is 8.64. The molecule has 1 atom stereocenters. The molecule has 3 aromatic rings. The van der Waals surface area contributed by atoms with Crippen molar-refractivity contribution in [2.45, 2.75) is 31.8 Å². The van der Waals surface area contributed by atoms with Crippen molar-refractivity contribution >= 4 is 17.8 Å². The minimum absolute atomic E-state index is 0.0532. The van der Waals surface area contributed by atoms with E-state index in [-0.39, 0.29) is 43.5 Å². The number of phenols is 1. The van der Waals surface area contributed by atoms with Gasteiger partial charge in [-0.05, 0) is 47.2 Å². The highest BCUT2D eigenvalue weighted by atomic mass is 16.7. The van der Waals surface area contributed by atoms with Crippen LogP contribution in [-0.4, -0.2) is 45.4 Å². The van der Waals surface area contributed by atoms with Crippen molar-refractivity contribution in [3.63, 3.8) is 0 Å². The van der Waals surface area contributed by atoms with Crippen molar-refractivity contribution in [2.75, 3.05) is 6.54 Å². The van der Waals surface area contributed by atoms with Gasteiger partial charge in [-0.15, -0.1) is 0 Å². The van der Waals surface area contributed by atoms with Crippen molar-refractivity contribution in [1.29, 1.82) is 0 Å². The summed E-state index contributed by atoms with van der Waals surface area (Å²) in [7, 11) is 0. The van der Waals surface area contributed by atoms with E-state index in [0.29, 0.717) is 12.0 Å². The van der Waals surface area contributed by atoms with Crippen molar-refractivity contribution in [1.82, 2.24) is 10.2 Å². The first-order valence-corrected chi connectivity index (χ1v) is 12.0. The van der Waals surface area contributed by atoms with Crippen LogP contribution in [0.2, 0.25) is 0 Å². The smallest absolute Gasteiger partial charge is 0.266 e. The Labute approximate surface area is 219 Å². The van der Waals surface area contributed by atoms with Crippen molar-refractivity contribution < 1.29 is 19.7 Å². The van der Waals surface area contributed by atoms with E-state index in [9.17, 15) is 24.8 Å². The van der Waals surface area contributed by atoms with Crippen molar-refractivity contribution in [3.8, 4) is 16.9 Å². The van der Waals surface area contributed by atoms with E-state index in [0.717, 1.165) is 16.7 Å². The lowest BCUT2D eigenvalue weighted by molar-refractivity contribution is -0.485. The minimum atomic E-state index is -0.935. The zero-order chi connectivity index (χ0) is 27.5. The van der Waals surface area contributed by atoms with Crippen LogP contribution in [0.5, 0.6) is 5.75 Å². The first kappa shape index (κ1) is 27.7. The number of amides is 2. The molecule has 2 amide bonds. The molecule has 6 N–H and O–H groups in total. The van der Waals surface area contributed by atoms with Crippen molar-refractivity contribution in [3.05, 3.63) is 100 Å². The molecule has 0 spiro atoms. The van der Waals surface area contributed by atoms with Gasteiger partial charge in [-0.3, -0.25) is 9.59 Å². The van der Waals surface area contributed by atoms with Gasteiger partial charge in [-0.1, -0.05) is 66.7 Å². The highest BCUT2D eigenvalue weighted by molar-refractivity contribution is 5.87. The fourth-order valence-corrected chi connectivity index (χ4v) is 3.98. The van der Waals surface area contributed by atoms with Gasteiger partial charge in [-0.25, -0.2) is 10.1 Å². The fourth-order valence-electron chi connectivity index (χ4n) is 3.98. The average Bonchev–Trinajstić information content (AvgIpc) is 2.89. The summed E-state index contributed by atoms with van der Waals surface area (Å²) in [5, 5.41) is 24.7. The summed E-state index contributed by atoms with van der Waals surface area (Å²) in [6.45, 7) is 0.294. The number of hydrogen-bond acceptors (Lipinski definition) is 5. The van der Waals surface area contributed by atoms with E-state index >= 15 is 0 Å². The van der Waals surface area contributed by atoms with Crippen LogP contribution in [0.3, 0.4) is 0 Å². The summed E-state index contributed by atoms with van der Waals surface area (Å²) in [5.74, 6) is -1.25. The van der Waals surface area contributed by atoms with Gasteiger partial charge in [0.15, 0.2) is 5.03 Å². The zero-order valence-electron chi connectivity index (χ0n) is 20.7. The fraction of sp³-hybridized carbons (Fsp3) is 0.222. The number of benzene rings is 3. The molecule has 0 fully saturated rings. The Balaban J connectivity index is 1.75. The van der Waals surface area contributed by atoms with E-state index < -0.39 is 17.0 Å². The molecular weight excluding hydrogens is 488 g/mol. The number of nitro groups is 1. The van der Waals surface area contributed by atoms with Crippen LogP contribution in [0.15, 0.2) is 84.0 Å². The number of phenolic OH excluding ortho intramolecular Hbond substituents is 1. The van der Waals surface area contributed by atoms with E-state index in [1.54, 1.807) is 12.1 Å². The molecule has 0 bridgehead atoms. The molecule has 198 valence electrons. The number of rotatable bonds is 12. The molecule has 0 radical (unpaired) electrons. The third kappa shape index (κ3) is 8.33. The number of guanidine groups is 1. The normalized spacial score (nSPS) is 11.9. The van der Waals surface area contributed by atoms with Gasteiger partial charge in [0.1, 0.15) is 16.9 Å². The predicted octanol–water partition coefficient (Wildman–Crippen LogP) is 2.36. The van der Waals surface area contributed by atoms with Crippen LogP contribution in [-0.2, 0) is 22.6 Å². The monoisotopic (exact) mass is 518 g/mol. The molecule has 0 aromatic heterocycles. The summed E-state index contributed by atoms with van der Waals surface area (Å²) in [4.78, 5) is 37.8. The van der Waals surface area contributed by atoms with Crippen LogP contribution in [0.4, 0.5) is 0 Å². The second kappa shape index (κ2) is 13.4. The van der Waals surface area contributed by atoms with Crippen LogP contribution < -0.4 is 16.8 Å². The molecule has 38 heavy (non-hydrogen) atoms. The maximum atomic E-state index is 13.5. The Morgan fingerprint density at radius 3 is 2.16 bits per heavy atom. The number of carbonyl (C=O) groups is 2. The first-order chi connectivity index (χ1) is 18.2. The van der Waals surface area contributed by atoms with Gasteiger partial charge in [0.05, 0.1) is 6.42 Å². The quantitative estimate of drug-likeness (QED) is 0.0934.